The average molecular weight is 361 g/mol. The summed E-state index contributed by atoms with van der Waals surface area (Å²) in [7, 11) is 0. The minimum Gasteiger partial charge on any atom is -0.491 e. The zero-order valence-corrected chi connectivity index (χ0v) is 15.3. The highest BCUT2D eigenvalue weighted by atomic mass is 35.5. The highest BCUT2D eigenvalue weighted by molar-refractivity contribution is 6.30. The summed E-state index contributed by atoms with van der Waals surface area (Å²) in [5.41, 5.74) is 2.36. The number of halogens is 1. The summed E-state index contributed by atoms with van der Waals surface area (Å²) in [6, 6.07) is 15.9. The van der Waals surface area contributed by atoms with Crippen molar-refractivity contribution in [3.8, 4) is 5.75 Å². The van der Waals surface area contributed by atoms with Crippen LogP contribution in [0, 0.1) is 6.92 Å². The van der Waals surface area contributed by atoms with Crippen LogP contribution in [0.2, 0.25) is 5.02 Å². The van der Waals surface area contributed by atoms with E-state index in [1.807, 2.05) is 49.4 Å². The van der Waals surface area contributed by atoms with Crippen LogP contribution in [0.5, 0.6) is 5.75 Å². The molecule has 0 aromatic heterocycles. The largest absolute Gasteiger partial charge is 0.491 e. The van der Waals surface area contributed by atoms with Crippen LogP contribution in [0.1, 0.15) is 5.56 Å². The minimum atomic E-state index is -0.487. The Balaban J connectivity index is 1.41. The molecule has 0 unspecified atom stereocenters. The predicted molar refractivity (Wildman–Crippen MR) is 103 cm³/mol. The zero-order chi connectivity index (χ0) is 17.6. The van der Waals surface area contributed by atoms with Gasteiger partial charge in [-0.2, -0.15) is 0 Å². The molecule has 2 aromatic rings. The van der Waals surface area contributed by atoms with E-state index in [-0.39, 0.29) is 0 Å². The van der Waals surface area contributed by atoms with Crippen LogP contribution < -0.4 is 9.64 Å². The van der Waals surface area contributed by atoms with E-state index < -0.39 is 6.10 Å². The standard InChI is InChI=1S/C20H25ClN2O2/c1-16-5-7-20(8-6-16)25-15-19(24)14-22-9-11-23(12-10-22)18-4-2-3-17(21)13-18/h2-8,13,19,24H,9-12,14-15H2,1H3/t19-/m1/s1. The summed E-state index contributed by atoms with van der Waals surface area (Å²) in [5.74, 6) is 0.801. The summed E-state index contributed by atoms with van der Waals surface area (Å²) in [6.45, 7) is 6.72. The smallest absolute Gasteiger partial charge is 0.119 e. The third kappa shape index (κ3) is 5.36. The van der Waals surface area contributed by atoms with Gasteiger partial charge >= 0.3 is 0 Å². The molecule has 0 spiro atoms. The lowest BCUT2D eigenvalue weighted by atomic mass is 10.2. The monoisotopic (exact) mass is 360 g/mol. The first kappa shape index (κ1) is 18.1. The number of β-amino-alcohol motifs (C(OH)–C–C–N with tert-alkyl or cyclic N) is 1. The van der Waals surface area contributed by atoms with Gasteiger partial charge in [0.1, 0.15) is 18.5 Å². The van der Waals surface area contributed by atoms with E-state index in [9.17, 15) is 5.11 Å². The lowest BCUT2D eigenvalue weighted by Gasteiger charge is -2.36. The van der Waals surface area contributed by atoms with Crippen molar-refractivity contribution in [2.45, 2.75) is 13.0 Å². The van der Waals surface area contributed by atoms with Crippen molar-refractivity contribution in [2.24, 2.45) is 0 Å². The van der Waals surface area contributed by atoms with E-state index in [2.05, 4.69) is 15.9 Å². The van der Waals surface area contributed by atoms with Crippen LogP contribution in [-0.4, -0.2) is 55.4 Å². The molecule has 1 aliphatic heterocycles. The Morgan fingerprint density at radius 1 is 1.08 bits per heavy atom. The second-order valence-electron chi connectivity index (χ2n) is 6.55. The molecule has 0 aliphatic carbocycles. The van der Waals surface area contributed by atoms with Crippen molar-refractivity contribution in [1.29, 1.82) is 0 Å². The van der Waals surface area contributed by atoms with Gasteiger partial charge < -0.3 is 14.7 Å². The molecule has 25 heavy (non-hydrogen) atoms. The third-order valence-corrected chi connectivity index (χ3v) is 4.71. The lowest BCUT2D eigenvalue weighted by molar-refractivity contribution is 0.0663. The lowest BCUT2D eigenvalue weighted by Crippen LogP contribution is -2.49. The Bertz CT molecular complexity index is 670. The van der Waals surface area contributed by atoms with E-state index in [1.165, 1.54) is 5.56 Å². The van der Waals surface area contributed by atoms with Gasteiger partial charge in [0.2, 0.25) is 0 Å². The number of anilines is 1. The minimum absolute atomic E-state index is 0.317. The zero-order valence-electron chi connectivity index (χ0n) is 14.6. The van der Waals surface area contributed by atoms with Crippen molar-refractivity contribution in [3.63, 3.8) is 0 Å². The molecule has 1 atom stereocenters. The van der Waals surface area contributed by atoms with E-state index in [0.29, 0.717) is 13.2 Å². The molecular weight excluding hydrogens is 336 g/mol. The Labute approximate surface area is 154 Å². The van der Waals surface area contributed by atoms with Crippen molar-refractivity contribution in [1.82, 2.24) is 4.90 Å². The van der Waals surface area contributed by atoms with Crippen LogP contribution in [0.3, 0.4) is 0 Å². The Kier molecular flexibility index (Phi) is 6.19. The molecule has 3 rings (SSSR count). The molecule has 134 valence electrons. The van der Waals surface area contributed by atoms with Crippen molar-refractivity contribution in [3.05, 3.63) is 59.1 Å². The summed E-state index contributed by atoms with van der Waals surface area (Å²) < 4.78 is 5.67. The first-order valence-electron chi connectivity index (χ1n) is 8.70. The molecule has 0 radical (unpaired) electrons. The molecule has 5 heteroatoms. The fourth-order valence-electron chi connectivity index (χ4n) is 3.04. The van der Waals surface area contributed by atoms with Gasteiger partial charge in [-0.1, -0.05) is 35.4 Å². The molecule has 0 bridgehead atoms. The van der Waals surface area contributed by atoms with Crippen LogP contribution >= 0.6 is 11.6 Å². The van der Waals surface area contributed by atoms with Gasteiger partial charge in [0, 0.05) is 43.4 Å². The summed E-state index contributed by atoms with van der Waals surface area (Å²) in [5, 5.41) is 11.0. The van der Waals surface area contributed by atoms with Gasteiger partial charge in [-0.3, -0.25) is 4.90 Å². The number of aliphatic hydroxyl groups excluding tert-OH is 1. The predicted octanol–water partition coefficient (Wildman–Crippen LogP) is 3.21. The van der Waals surface area contributed by atoms with Crippen LogP contribution in [0.25, 0.3) is 0 Å². The molecule has 0 amide bonds. The Hall–Kier alpha value is -1.75. The number of hydrogen-bond acceptors (Lipinski definition) is 4. The fourth-order valence-corrected chi connectivity index (χ4v) is 3.22. The number of aliphatic hydroxyl groups is 1. The highest BCUT2D eigenvalue weighted by Gasteiger charge is 2.19. The van der Waals surface area contributed by atoms with Crippen LogP contribution in [0.4, 0.5) is 5.69 Å². The maximum Gasteiger partial charge on any atom is 0.119 e. The van der Waals surface area contributed by atoms with Crippen molar-refractivity contribution in [2.75, 3.05) is 44.2 Å². The van der Waals surface area contributed by atoms with E-state index in [1.54, 1.807) is 0 Å². The molecule has 1 fully saturated rings. The Morgan fingerprint density at radius 2 is 1.80 bits per heavy atom. The van der Waals surface area contributed by atoms with Gasteiger partial charge in [0.15, 0.2) is 0 Å². The highest BCUT2D eigenvalue weighted by Crippen LogP contribution is 2.21. The van der Waals surface area contributed by atoms with E-state index in [0.717, 1.165) is 42.6 Å². The fraction of sp³-hybridized carbons (Fsp3) is 0.400. The summed E-state index contributed by atoms with van der Waals surface area (Å²) in [4.78, 5) is 4.61. The van der Waals surface area contributed by atoms with Gasteiger partial charge in [-0.05, 0) is 37.3 Å². The summed E-state index contributed by atoms with van der Waals surface area (Å²) >= 11 is 6.07. The molecule has 1 N–H and O–H groups in total. The SMILES string of the molecule is Cc1ccc(OC[C@H](O)CN2CCN(c3cccc(Cl)c3)CC2)cc1. The van der Waals surface area contributed by atoms with Crippen LogP contribution in [-0.2, 0) is 0 Å². The molecule has 2 aromatic carbocycles. The number of hydrogen-bond donors (Lipinski definition) is 1. The first-order valence-corrected chi connectivity index (χ1v) is 9.08. The number of nitrogens with zero attached hydrogens (tertiary/aromatic N) is 2. The topological polar surface area (TPSA) is 35.9 Å². The van der Waals surface area contributed by atoms with Crippen molar-refractivity contribution >= 4 is 17.3 Å². The number of aryl methyl sites for hydroxylation is 1. The van der Waals surface area contributed by atoms with Gasteiger partial charge in [-0.15, -0.1) is 0 Å². The number of piperazine rings is 1. The maximum atomic E-state index is 10.2. The second-order valence-corrected chi connectivity index (χ2v) is 6.98. The van der Waals surface area contributed by atoms with Crippen LogP contribution in [0.15, 0.2) is 48.5 Å². The summed E-state index contributed by atoms with van der Waals surface area (Å²) in [6.07, 6.45) is -0.487. The molecule has 1 aliphatic rings. The first-order chi connectivity index (χ1) is 12.1. The van der Waals surface area contributed by atoms with E-state index >= 15 is 0 Å². The molecular formula is C20H25ClN2O2. The number of benzene rings is 2. The second kappa shape index (κ2) is 8.56. The van der Waals surface area contributed by atoms with E-state index in [4.69, 9.17) is 16.3 Å². The number of ether oxygens (including phenoxy) is 1. The molecule has 0 saturated carbocycles. The molecule has 1 heterocycles. The molecule has 4 nitrogen and oxygen atoms in total. The van der Waals surface area contributed by atoms with Crippen molar-refractivity contribution < 1.29 is 9.84 Å². The van der Waals surface area contributed by atoms with Gasteiger partial charge in [-0.25, -0.2) is 0 Å². The number of rotatable bonds is 6. The quantitative estimate of drug-likeness (QED) is 0.858. The molecule has 1 saturated heterocycles. The maximum absolute atomic E-state index is 10.2. The average Bonchev–Trinajstić information content (AvgIpc) is 2.62. The van der Waals surface area contributed by atoms with Gasteiger partial charge in [0.25, 0.3) is 0 Å². The third-order valence-electron chi connectivity index (χ3n) is 4.48. The van der Waals surface area contributed by atoms with Gasteiger partial charge in [0.05, 0.1) is 0 Å². The normalized spacial score (nSPS) is 16.7. The Morgan fingerprint density at radius 3 is 2.48 bits per heavy atom.